The molecule has 3 rings (SSSR count). The van der Waals surface area contributed by atoms with Gasteiger partial charge in [0.1, 0.15) is 23.9 Å². The van der Waals surface area contributed by atoms with Crippen LogP contribution in [0.3, 0.4) is 0 Å². The molecule has 0 saturated carbocycles. The van der Waals surface area contributed by atoms with Gasteiger partial charge >= 0.3 is 0 Å². The fraction of sp³-hybridized carbons (Fsp3) is 0.222. The number of nitrogens with one attached hydrogen (secondary N) is 1. The van der Waals surface area contributed by atoms with Crippen LogP contribution in [0.1, 0.15) is 22.0 Å². The topological polar surface area (TPSA) is 78.5 Å². The van der Waals surface area contributed by atoms with Gasteiger partial charge in [-0.1, -0.05) is 6.07 Å². The fourth-order valence-electron chi connectivity index (χ4n) is 2.23. The molecule has 1 amide bonds. The molecule has 0 bridgehead atoms. The van der Waals surface area contributed by atoms with Crippen LogP contribution < -0.4 is 14.8 Å². The molecule has 0 aliphatic heterocycles. The molecule has 1 N–H and O–H groups in total. The van der Waals surface area contributed by atoms with Crippen molar-refractivity contribution in [3.8, 4) is 11.5 Å². The van der Waals surface area contributed by atoms with Gasteiger partial charge in [-0.05, 0) is 31.2 Å². The third kappa shape index (κ3) is 3.82. The number of nitrogens with zero attached hydrogens (tertiary/aromatic N) is 2. The largest absolute Gasteiger partial charge is 0.497 e. The minimum atomic E-state index is -0.330. The Hall–Kier alpha value is -3.22. The fourth-order valence-corrected chi connectivity index (χ4v) is 2.23. The number of methoxy groups -OCH3 is 1. The highest BCUT2D eigenvalue weighted by molar-refractivity contribution is 6.02. The third-order valence-corrected chi connectivity index (χ3v) is 3.79. The first-order valence-electron chi connectivity index (χ1n) is 7.72. The number of benzene rings is 1. The second kappa shape index (κ2) is 7.12. The molecule has 0 unspecified atom stereocenters. The van der Waals surface area contributed by atoms with E-state index in [1.54, 1.807) is 36.2 Å². The first-order valence-corrected chi connectivity index (χ1v) is 7.72. The number of aromatic nitrogens is 2. The number of furan rings is 1. The molecule has 0 radical (unpaired) electrons. The van der Waals surface area contributed by atoms with Crippen LogP contribution in [0.2, 0.25) is 0 Å². The maximum Gasteiger partial charge on any atom is 0.291 e. The van der Waals surface area contributed by atoms with Crippen molar-refractivity contribution < 1.29 is 18.7 Å². The second-order valence-electron chi connectivity index (χ2n) is 5.46. The van der Waals surface area contributed by atoms with Gasteiger partial charge in [0, 0.05) is 13.1 Å². The van der Waals surface area contributed by atoms with E-state index in [-0.39, 0.29) is 18.3 Å². The number of aryl methyl sites for hydroxylation is 1. The van der Waals surface area contributed by atoms with Gasteiger partial charge in [-0.15, -0.1) is 0 Å². The molecule has 0 aliphatic rings. The van der Waals surface area contributed by atoms with Gasteiger partial charge in [0.05, 0.1) is 24.7 Å². The van der Waals surface area contributed by atoms with E-state index in [4.69, 9.17) is 13.9 Å². The molecule has 2 heterocycles. The highest BCUT2D eigenvalue weighted by Gasteiger charge is 2.14. The summed E-state index contributed by atoms with van der Waals surface area (Å²) in [6.07, 6.45) is 1.60. The van der Waals surface area contributed by atoms with Crippen molar-refractivity contribution in [1.29, 1.82) is 0 Å². The Balaban J connectivity index is 1.61. The summed E-state index contributed by atoms with van der Waals surface area (Å²) < 4.78 is 18.0. The first kappa shape index (κ1) is 16.6. The molecule has 0 fully saturated rings. The van der Waals surface area contributed by atoms with E-state index < -0.39 is 0 Å². The Labute approximate surface area is 145 Å². The lowest BCUT2D eigenvalue weighted by atomic mass is 10.3. The molecule has 0 saturated heterocycles. The predicted octanol–water partition coefficient (Wildman–Crippen LogP) is 3.16. The summed E-state index contributed by atoms with van der Waals surface area (Å²) in [5, 5.41) is 6.86. The van der Waals surface area contributed by atoms with E-state index in [0.29, 0.717) is 22.9 Å². The van der Waals surface area contributed by atoms with E-state index in [1.165, 1.54) is 0 Å². The van der Waals surface area contributed by atoms with Crippen molar-refractivity contribution >= 4 is 11.6 Å². The summed E-state index contributed by atoms with van der Waals surface area (Å²) in [5.41, 5.74) is 1.51. The summed E-state index contributed by atoms with van der Waals surface area (Å²) in [6.45, 7) is 2.09. The molecule has 0 atom stereocenters. The van der Waals surface area contributed by atoms with Crippen molar-refractivity contribution in [2.75, 3.05) is 12.4 Å². The van der Waals surface area contributed by atoms with Crippen LogP contribution in [0.5, 0.6) is 11.5 Å². The molecule has 25 heavy (non-hydrogen) atoms. The lowest BCUT2D eigenvalue weighted by Crippen LogP contribution is -2.11. The smallest absolute Gasteiger partial charge is 0.291 e. The van der Waals surface area contributed by atoms with Crippen LogP contribution in [0, 0.1) is 6.92 Å². The summed E-state index contributed by atoms with van der Waals surface area (Å²) in [5.74, 6) is 1.81. The molecule has 1 aromatic carbocycles. The Bertz CT molecular complexity index is 882. The van der Waals surface area contributed by atoms with E-state index in [9.17, 15) is 4.79 Å². The van der Waals surface area contributed by atoms with Gasteiger partial charge in [0.2, 0.25) is 0 Å². The molecule has 2 aromatic heterocycles. The molecular weight excluding hydrogens is 322 g/mol. The second-order valence-corrected chi connectivity index (χ2v) is 5.46. The first-order chi connectivity index (χ1) is 12.1. The molecule has 0 aliphatic carbocycles. The van der Waals surface area contributed by atoms with Crippen molar-refractivity contribution in [3.63, 3.8) is 0 Å². The van der Waals surface area contributed by atoms with Crippen LogP contribution in [0.25, 0.3) is 0 Å². The zero-order valence-electron chi connectivity index (χ0n) is 14.3. The summed E-state index contributed by atoms with van der Waals surface area (Å²) >= 11 is 0. The number of hydrogen-bond donors (Lipinski definition) is 1. The van der Waals surface area contributed by atoms with Gasteiger partial charge in [0.15, 0.2) is 5.76 Å². The van der Waals surface area contributed by atoms with Crippen LogP contribution in [0.4, 0.5) is 5.69 Å². The Morgan fingerprint density at radius 2 is 2.08 bits per heavy atom. The van der Waals surface area contributed by atoms with Crippen molar-refractivity contribution in [2.24, 2.45) is 7.05 Å². The van der Waals surface area contributed by atoms with Crippen molar-refractivity contribution in [3.05, 3.63) is 59.8 Å². The van der Waals surface area contributed by atoms with Gasteiger partial charge in [-0.2, -0.15) is 5.10 Å². The predicted molar refractivity (Wildman–Crippen MR) is 91.9 cm³/mol. The van der Waals surface area contributed by atoms with E-state index in [1.807, 2.05) is 32.2 Å². The Kier molecular flexibility index (Phi) is 4.74. The van der Waals surface area contributed by atoms with Crippen molar-refractivity contribution in [1.82, 2.24) is 9.78 Å². The number of carbonyl (C=O) groups excluding carboxylic acids is 1. The zero-order chi connectivity index (χ0) is 17.8. The lowest BCUT2D eigenvalue weighted by molar-refractivity contribution is 0.0992. The number of ether oxygens (including phenoxy) is 2. The van der Waals surface area contributed by atoms with E-state index in [2.05, 4.69) is 10.4 Å². The Morgan fingerprint density at radius 3 is 2.80 bits per heavy atom. The number of rotatable bonds is 6. The minimum absolute atomic E-state index is 0.215. The monoisotopic (exact) mass is 341 g/mol. The third-order valence-electron chi connectivity index (χ3n) is 3.79. The average molecular weight is 341 g/mol. The molecule has 7 nitrogen and oxygen atoms in total. The van der Waals surface area contributed by atoms with Crippen LogP contribution in [-0.4, -0.2) is 22.8 Å². The molecule has 7 heteroatoms. The average Bonchev–Trinajstić information content (AvgIpc) is 3.22. The van der Waals surface area contributed by atoms with Crippen LogP contribution >= 0.6 is 0 Å². The molecule has 0 spiro atoms. The van der Waals surface area contributed by atoms with Crippen LogP contribution in [-0.2, 0) is 13.7 Å². The molecular formula is C18H19N3O4. The maximum absolute atomic E-state index is 12.2. The van der Waals surface area contributed by atoms with Crippen molar-refractivity contribution in [2.45, 2.75) is 13.5 Å². The number of amides is 1. The summed E-state index contributed by atoms with van der Waals surface area (Å²) in [4.78, 5) is 12.2. The van der Waals surface area contributed by atoms with E-state index >= 15 is 0 Å². The van der Waals surface area contributed by atoms with E-state index in [0.717, 1.165) is 5.69 Å². The Morgan fingerprint density at radius 1 is 1.28 bits per heavy atom. The highest BCUT2D eigenvalue weighted by atomic mass is 16.5. The standard InChI is InChI=1S/C18H19N3O4/c1-12-16(10-19-21(12)2)20-18(22)17-8-7-15(25-17)11-24-14-6-4-5-13(9-14)23-3/h4-10H,11H2,1-3H3,(H,20,22). The number of hydrogen-bond acceptors (Lipinski definition) is 5. The van der Waals surface area contributed by atoms with Crippen LogP contribution in [0.15, 0.2) is 47.0 Å². The lowest BCUT2D eigenvalue weighted by Gasteiger charge is -2.06. The quantitative estimate of drug-likeness (QED) is 0.745. The highest BCUT2D eigenvalue weighted by Crippen LogP contribution is 2.21. The minimum Gasteiger partial charge on any atom is -0.497 e. The van der Waals surface area contributed by atoms with Gasteiger partial charge in [-0.25, -0.2) is 0 Å². The maximum atomic E-state index is 12.2. The summed E-state index contributed by atoms with van der Waals surface area (Å²) in [7, 11) is 3.41. The van der Waals surface area contributed by atoms with Gasteiger partial charge < -0.3 is 19.2 Å². The normalized spacial score (nSPS) is 10.5. The zero-order valence-corrected chi connectivity index (χ0v) is 14.3. The van der Waals surface area contributed by atoms with Gasteiger partial charge in [-0.3, -0.25) is 9.48 Å². The van der Waals surface area contributed by atoms with Gasteiger partial charge in [0.25, 0.3) is 5.91 Å². The molecule has 3 aromatic rings. The SMILES string of the molecule is COc1cccc(OCc2ccc(C(=O)Nc3cnn(C)c3C)o2)c1. The number of carbonyl (C=O) groups is 1. The number of anilines is 1. The summed E-state index contributed by atoms with van der Waals surface area (Å²) in [6, 6.07) is 10.6. The molecule has 130 valence electrons.